The van der Waals surface area contributed by atoms with Crippen LogP contribution in [0.4, 0.5) is 4.79 Å². The molecule has 0 saturated carbocycles. The van der Waals surface area contributed by atoms with E-state index in [1.54, 1.807) is 6.07 Å². The summed E-state index contributed by atoms with van der Waals surface area (Å²) in [4.78, 5) is 16.7. The van der Waals surface area contributed by atoms with E-state index in [1.165, 1.54) is 0 Å². The zero-order valence-electron chi connectivity index (χ0n) is 14.7. The van der Waals surface area contributed by atoms with E-state index in [4.69, 9.17) is 14.6 Å². The van der Waals surface area contributed by atoms with Crippen LogP contribution in [0.3, 0.4) is 0 Å². The summed E-state index contributed by atoms with van der Waals surface area (Å²) in [6.07, 6.45) is -1.07. The minimum atomic E-state index is -1.85. The van der Waals surface area contributed by atoms with Crippen molar-refractivity contribution < 1.29 is 19.4 Å². The van der Waals surface area contributed by atoms with Crippen LogP contribution < -0.4 is 0 Å². The van der Waals surface area contributed by atoms with E-state index in [1.807, 2.05) is 12.1 Å². The van der Waals surface area contributed by atoms with Crippen molar-refractivity contribution in [2.24, 2.45) is 0 Å². The third-order valence-corrected chi connectivity index (χ3v) is 8.72. The molecule has 1 amide bonds. The lowest BCUT2D eigenvalue weighted by molar-refractivity contribution is 0.128. The monoisotopic (exact) mass is 340 g/mol. The molecule has 0 aliphatic heterocycles. The second kappa shape index (κ2) is 7.90. The molecule has 1 aromatic rings. The van der Waals surface area contributed by atoms with Crippen molar-refractivity contribution >= 4 is 14.4 Å². The highest BCUT2D eigenvalue weighted by molar-refractivity contribution is 6.74. The summed E-state index contributed by atoms with van der Waals surface area (Å²) in [5.41, 5.74) is 1.44. The Labute approximate surface area is 139 Å². The van der Waals surface area contributed by atoms with Gasteiger partial charge in [0.25, 0.3) is 0 Å². The summed E-state index contributed by atoms with van der Waals surface area (Å²) in [7, 11) is -1.85. The average Bonchev–Trinajstić information content (AvgIpc) is 2.44. The van der Waals surface area contributed by atoms with Gasteiger partial charge in [0.2, 0.25) is 0 Å². The van der Waals surface area contributed by atoms with Gasteiger partial charge in [-0.2, -0.15) is 0 Å². The molecule has 1 heterocycles. The molecule has 0 aliphatic carbocycles. The SMILES string of the molecule is CC(C)(C)[Si](C)(C)OCc1cccc(CN(CCO)C(=O)O)n1. The third kappa shape index (κ3) is 5.93. The van der Waals surface area contributed by atoms with Crippen molar-refractivity contribution in [2.45, 2.75) is 52.1 Å². The van der Waals surface area contributed by atoms with Gasteiger partial charge in [0.15, 0.2) is 8.32 Å². The number of amides is 1. The quantitative estimate of drug-likeness (QED) is 0.745. The van der Waals surface area contributed by atoms with Gasteiger partial charge in [0, 0.05) is 6.54 Å². The van der Waals surface area contributed by atoms with E-state index in [0.29, 0.717) is 12.3 Å². The van der Waals surface area contributed by atoms with Gasteiger partial charge in [-0.05, 0) is 30.3 Å². The van der Waals surface area contributed by atoms with Crippen LogP contribution in [0.2, 0.25) is 18.1 Å². The number of carboxylic acid groups (broad SMARTS) is 1. The Balaban J connectivity index is 2.75. The maximum atomic E-state index is 11.1. The lowest BCUT2D eigenvalue weighted by Gasteiger charge is -2.36. The van der Waals surface area contributed by atoms with Crippen LogP contribution >= 0.6 is 0 Å². The van der Waals surface area contributed by atoms with Gasteiger partial charge in [-0.25, -0.2) is 4.79 Å². The normalized spacial score (nSPS) is 12.3. The number of nitrogens with zero attached hydrogens (tertiary/aromatic N) is 2. The van der Waals surface area contributed by atoms with Crippen molar-refractivity contribution in [3.8, 4) is 0 Å². The van der Waals surface area contributed by atoms with Gasteiger partial charge in [-0.15, -0.1) is 0 Å². The molecule has 0 aliphatic rings. The Morgan fingerprint density at radius 3 is 2.43 bits per heavy atom. The van der Waals surface area contributed by atoms with Crippen molar-refractivity contribution in [1.82, 2.24) is 9.88 Å². The Bertz CT molecular complexity index is 529. The Morgan fingerprint density at radius 1 is 1.30 bits per heavy atom. The first-order chi connectivity index (χ1) is 10.6. The predicted octanol–water partition coefficient (Wildman–Crippen LogP) is 3.08. The summed E-state index contributed by atoms with van der Waals surface area (Å²) in [6, 6.07) is 5.52. The molecule has 1 aromatic heterocycles. The van der Waals surface area contributed by atoms with E-state index in [2.05, 4.69) is 38.8 Å². The molecule has 0 bridgehead atoms. The van der Waals surface area contributed by atoms with Crippen molar-refractivity contribution in [2.75, 3.05) is 13.2 Å². The van der Waals surface area contributed by atoms with Crippen LogP contribution in [-0.4, -0.2) is 47.7 Å². The number of aliphatic hydroxyl groups excluding tert-OH is 1. The van der Waals surface area contributed by atoms with Crippen LogP contribution in [0.5, 0.6) is 0 Å². The van der Waals surface area contributed by atoms with Gasteiger partial charge in [-0.1, -0.05) is 26.8 Å². The number of aromatic nitrogens is 1. The molecule has 0 radical (unpaired) electrons. The first-order valence-electron chi connectivity index (χ1n) is 7.74. The molecule has 6 nitrogen and oxygen atoms in total. The molecule has 1 rings (SSSR count). The van der Waals surface area contributed by atoms with E-state index in [-0.39, 0.29) is 24.7 Å². The second-order valence-corrected chi connectivity index (χ2v) is 11.9. The molecule has 0 spiro atoms. The number of rotatable bonds is 7. The Morgan fingerprint density at radius 2 is 1.91 bits per heavy atom. The van der Waals surface area contributed by atoms with Crippen molar-refractivity contribution in [3.05, 3.63) is 29.6 Å². The fourth-order valence-electron chi connectivity index (χ4n) is 1.73. The van der Waals surface area contributed by atoms with Gasteiger partial charge >= 0.3 is 6.09 Å². The first kappa shape index (κ1) is 19.6. The van der Waals surface area contributed by atoms with Crippen molar-refractivity contribution in [1.29, 1.82) is 0 Å². The molecule has 0 unspecified atom stereocenters. The Kier molecular flexibility index (Phi) is 6.73. The predicted molar refractivity (Wildman–Crippen MR) is 91.7 cm³/mol. The van der Waals surface area contributed by atoms with Crippen LogP contribution in [-0.2, 0) is 17.6 Å². The zero-order chi connectivity index (χ0) is 17.7. The second-order valence-electron chi connectivity index (χ2n) is 7.10. The Hall–Kier alpha value is -1.44. The standard InChI is InChI=1S/C16H28N2O4Si/c1-16(2,3)23(4,5)22-12-14-8-6-7-13(17-14)11-18(9-10-19)15(20)21/h6-8,19H,9-12H2,1-5H3,(H,20,21). The highest BCUT2D eigenvalue weighted by atomic mass is 28.4. The lowest BCUT2D eigenvalue weighted by atomic mass is 10.2. The summed E-state index contributed by atoms with van der Waals surface area (Å²) >= 11 is 0. The maximum Gasteiger partial charge on any atom is 0.407 e. The molecule has 0 fully saturated rings. The molecular weight excluding hydrogens is 312 g/mol. The average molecular weight is 340 g/mol. The number of pyridine rings is 1. The molecule has 0 atom stereocenters. The van der Waals surface area contributed by atoms with E-state index < -0.39 is 14.4 Å². The largest absolute Gasteiger partial charge is 0.465 e. The summed E-state index contributed by atoms with van der Waals surface area (Å²) in [5.74, 6) is 0. The van der Waals surface area contributed by atoms with Crippen LogP contribution in [0, 0.1) is 0 Å². The van der Waals surface area contributed by atoms with Crippen LogP contribution in [0.1, 0.15) is 32.2 Å². The smallest absolute Gasteiger partial charge is 0.407 e. The van der Waals surface area contributed by atoms with Gasteiger partial charge < -0.3 is 19.5 Å². The molecule has 130 valence electrons. The van der Waals surface area contributed by atoms with E-state index in [9.17, 15) is 4.79 Å². The van der Waals surface area contributed by atoms with Gasteiger partial charge in [-0.3, -0.25) is 4.98 Å². The fraction of sp³-hybridized carbons (Fsp3) is 0.625. The fourth-order valence-corrected chi connectivity index (χ4v) is 2.67. The van der Waals surface area contributed by atoms with Crippen LogP contribution in [0.25, 0.3) is 0 Å². The molecule has 2 N–H and O–H groups in total. The summed E-state index contributed by atoms with van der Waals surface area (Å²) in [6.45, 7) is 11.4. The molecule has 0 aromatic carbocycles. The highest BCUT2D eigenvalue weighted by Gasteiger charge is 2.37. The third-order valence-electron chi connectivity index (χ3n) is 4.24. The van der Waals surface area contributed by atoms with Gasteiger partial charge in [0.1, 0.15) is 0 Å². The number of aliphatic hydroxyl groups is 1. The highest BCUT2D eigenvalue weighted by Crippen LogP contribution is 2.36. The number of carbonyl (C=O) groups is 1. The zero-order valence-corrected chi connectivity index (χ0v) is 15.7. The molecule has 0 saturated heterocycles. The minimum Gasteiger partial charge on any atom is -0.465 e. The molecule has 23 heavy (non-hydrogen) atoms. The van der Waals surface area contributed by atoms with Crippen LogP contribution in [0.15, 0.2) is 18.2 Å². The summed E-state index contributed by atoms with van der Waals surface area (Å²) < 4.78 is 6.14. The maximum absolute atomic E-state index is 11.1. The number of hydrogen-bond acceptors (Lipinski definition) is 4. The van der Waals surface area contributed by atoms with Gasteiger partial charge in [0.05, 0.1) is 31.1 Å². The number of hydrogen-bond donors (Lipinski definition) is 2. The van der Waals surface area contributed by atoms with Crippen molar-refractivity contribution in [3.63, 3.8) is 0 Å². The summed E-state index contributed by atoms with van der Waals surface area (Å²) in [5, 5.41) is 18.2. The van der Waals surface area contributed by atoms with E-state index >= 15 is 0 Å². The topological polar surface area (TPSA) is 82.9 Å². The first-order valence-corrected chi connectivity index (χ1v) is 10.6. The lowest BCUT2D eigenvalue weighted by Crippen LogP contribution is -2.40. The minimum absolute atomic E-state index is 0.0711. The molecular formula is C16H28N2O4Si. The molecule has 7 heteroatoms. The van der Waals surface area contributed by atoms with E-state index in [0.717, 1.165) is 10.6 Å².